The van der Waals surface area contributed by atoms with Gasteiger partial charge in [0.15, 0.2) is 0 Å². The Morgan fingerprint density at radius 2 is 1.16 bits per heavy atom. The fourth-order valence-corrected chi connectivity index (χ4v) is 4.37. The summed E-state index contributed by atoms with van der Waals surface area (Å²) in [5, 5.41) is 0. The molecule has 5 rings (SSSR count). The molecule has 1 atom stereocenters. The third kappa shape index (κ3) is 3.89. The molecule has 2 heteroatoms. The molecule has 1 aliphatic rings. The van der Waals surface area contributed by atoms with Crippen LogP contribution in [0, 0.1) is 0 Å². The Hall–Kier alpha value is -3.88. The van der Waals surface area contributed by atoms with Gasteiger partial charge < -0.3 is 10.6 Å². The molecule has 4 aromatic rings. The van der Waals surface area contributed by atoms with Crippen LogP contribution in [0.5, 0.6) is 0 Å². The molecule has 0 radical (unpaired) electrons. The molecule has 0 spiro atoms. The van der Waals surface area contributed by atoms with Crippen molar-refractivity contribution in [3.8, 4) is 11.1 Å². The molecule has 0 amide bonds. The molecule has 0 bridgehead atoms. The summed E-state index contributed by atoms with van der Waals surface area (Å²) < 4.78 is 0. The third-order valence-electron chi connectivity index (χ3n) is 5.99. The molecule has 1 unspecified atom stereocenters. The maximum absolute atomic E-state index is 6.80. The van der Waals surface area contributed by atoms with Gasteiger partial charge in [0.05, 0.1) is 5.54 Å². The summed E-state index contributed by atoms with van der Waals surface area (Å²) in [6.45, 7) is 0. The Kier molecular flexibility index (Phi) is 5.45. The lowest BCUT2D eigenvalue weighted by atomic mass is 9.81. The van der Waals surface area contributed by atoms with Crippen LogP contribution in [-0.4, -0.2) is 0 Å². The minimum atomic E-state index is -0.482. The predicted molar refractivity (Wildman–Crippen MR) is 135 cm³/mol. The van der Waals surface area contributed by atoms with Crippen molar-refractivity contribution < 1.29 is 0 Å². The highest BCUT2D eigenvalue weighted by molar-refractivity contribution is 5.79. The van der Waals surface area contributed by atoms with E-state index in [1.54, 1.807) is 0 Å². The van der Waals surface area contributed by atoms with Crippen molar-refractivity contribution in [2.75, 3.05) is 4.90 Å². The number of anilines is 3. The molecule has 32 heavy (non-hydrogen) atoms. The zero-order valence-corrected chi connectivity index (χ0v) is 17.9. The first-order chi connectivity index (χ1) is 15.7. The van der Waals surface area contributed by atoms with Gasteiger partial charge in [-0.25, -0.2) is 0 Å². The Morgan fingerprint density at radius 1 is 0.594 bits per heavy atom. The maximum atomic E-state index is 6.80. The smallest absolute Gasteiger partial charge is 0.0639 e. The average molecular weight is 415 g/mol. The van der Waals surface area contributed by atoms with Crippen LogP contribution < -0.4 is 10.6 Å². The van der Waals surface area contributed by atoms with E-state index in [2.05, 4.69) is 120 Å². The fourth-order valence-electron chi connectivity index (χ4n) is 4.37. The SMILES string of the molecule is NC1(c2ccccc2-c2ccc(N(c3ccccc3)c3ccccc3)cc2)C=CC=CC1. The van der Waals surface area contributed by atoms with Gasteiger partial charge in [-0.05, 0) is 59.5 Å². The first kappa shape index (κ1) is 20.0. The normalized spacial score (nSPS) is 17.3. The Balaban J connectivity index is 1.55. The van der Waals surface area contributed by atoms with Crippen molar-refractivity contribution in [1.29, 1.82) is 0 Å². The number of rotatable bonds is 5. The maximum Gasteiger partial charge on any atom is 0.0639 e. The first-order valence-corrected chi connectivity index (χ1v) is 11.0. The molecular formula is C30H26N2. The molecule has 4 aromatic carbocycles. The second-order valence-electron chi connectivity index (χ2n) is 8.13. The second-order valence-corrected chi connectivity index (χ2v) is 8.13. The van der Waals surface area contributed by atoms with E-state index < -0.39 is 5.54 Å². The zero-order chi connectivity index (χ0) is 21.8. The van der Waals surface area contributed by atoms with Crippen LogP contribution in [0.15, 0.2) is 133 Å². The molecule has 0 saturated carbocycles. The summed E-state index contributed by atoms with van der Waals surface area (Å²) in [6, 6.07) is 38.1. The summed E-state index contributed by atoms with van der Waals surface area (Å²) in [4.78, 5) is 2.27. The van der Waals surface area contributed by atoms with Crippen molar-refractivity contribution in [3.05, 3.63) is 139 Å². The Morgan fingerprint density at radius 3 is 1.75 bits per heavy atom. The van der Waals surface area contributed by atoms with E-state index in [0.29, 0.717) is 0 Å². The number of benzene rings is 4. The van der Waals surface area contributed by atoms with E-state index in [9.17, 15) is 0 Å². The third-order valence-corrected chi connectivity index (χ3v) is 5.99. The molecule has 0 heterocycles. The lowest BCUT2D eigenvalue weighted by Gasteiger charge is -2.30. The summed E-state index contributed by atoms with van der Waals surface area (Å²) in [6.07, 6.45) is 9.14. The number of nitrogens with two attached hydrogens (primary N) is 1. The van der Waals surface area contributed by atoms with Crippen LogP contribution in [0.25, 0.3) is 11.1 Å². The molecule has 0 saturated heterocycles. The highest BCUT2D eigenvalue weighted by Crippen LogP contribution is 2.38. The number of hydrogen-bond donors (Lipinski definition) is 1. The standard InChI is InChI=1S/C30H26N2/c31-30(22-10-3-11-23-30)29-17-9-8-16-28(29)24-18-20-27(21-19-24)32(25-12-4-1-5-13-25)26-14-6-2-7-15-26/h1-22H,23,31H2. The largest absolute Gasteiger partial charge is 0.318 e. The van der Waals surface area contributed by atoms with E-state index >= 15 is 0 Å². The van der Waals surface area contributed by atoms with Crippen LogP contribution in [0.1, 0.15) is 12.0 Å². The minimum Gasteiger partial charge on any atom is -0.318 e. The van der Waals surface area contributed by atoms with Crippen molar-refractivity contribution in [2.24, 2.45) is 5.73 Å². The highest BCUT2D eigenvalue weighted by atomic mass is 15.1. The minimum absolute atomic E-state index is 0.482. The topological polar surface area (TPSA) is 29.3 Å². The number of para-hydroxylation sites is 2. The molecule has 2 nitrogen and oxygen atoms in total. The summed E-state index contributed by atoms with van der Waals surface area (Å²) in [5.74, 6) is 0. The van der Waals surface area contributed by atoms with Gasteiger partial charge in [0, 0.05) is 17.1 Å². The van der Waals surface area contributed by atoms with Crippen molar-refractivity contribution in [3.63, 3.8) is 0 Å². The van der Waals surface area contributed by atoms with Gasteiger partial charge in [-0.2, -0.15) is 0 Å². The monoisotopic (exact) mass is 414 g/mol. The lowest BCUT2D eigenvalue weighted by Crippen LogP contribution is -2.35. The summed E-state index contributed by atoms with van der Waals surface area (Å²) >= 11 is 0. The van der Waals surface area contributed by atoms with Crippen LogP contribution in [0.3, 0.4) is 0 Å². The summed E-state index contributed by atoms with van der Waals surface area (Å²) in [7, 11) is 0. The van der Waals surface area contributed by atoms with Crippen molar-refractivity contribution >= 4 is 17.1 Å². The highest BCUT2D eigenvalue weighted by Gasteiger charge is 2.27. The number of allylic oxidation sites excluding steroid dienone is 2. The second kappa shape index (κ2) is 8.70. The molecule has 0 aromatic heterocycles. The fraction of sp³-hybridized carbons (Fsp3) is 0.0667. The Labute approximate surface area is 190 Å². The number of hydrogen-bond acceptors (Lipinski definition) is 2. The Bertz CT molecular complexity index is 1200. The summed E-state index contributed by atoms with van der Waals surface area (Å²) in [5.41, 5.74) is 13.2. The van der Waals surface area contributed by atoms with Crippen LogP contribution in [0.2, 0.25) is 0 Å². The molecule has 1 aliphatic carbocycles. The van der Waals surface area contributed by atoms with Crippen molar-refractivity contribution in [2.45, 2.75) is 12.0 Å². The molecule has 2 N–H and O–H groups in total. The first-order valence-electron chi connectivity index (χ1n) is 11.0. The van der Waals surface area contributed by atoms with Gasteiger partial charge in [-0.1, -0.05) is 97.1 Å². The predicted octanol–water partition coefficient (Wildman–Crippen LogP) is 7.49. The van der Waals surface area contributed by atoms with E-state index in [-0.39, 0.29) is 0 Å². The zero-order valence-electron chi connectivity index (χ0n) is 17.9. The van der Waals surface area contributed by atoms with Crippen LogP contribution >= 0.6 is 0 Å². The van der Waals surface area contributed by atoms with Crippen LogP contribution in [-0.2, 0) is 5.54 Å². The van der Waals surface area contributed by atoms with Crippen molar-refractivity contribution in [1.82, 2.24) is 0 Å². The molecule has 0 fully saturated rings. The van der Waals surface area contributed by atoms with Gasteiger partial charge in [0.1, 0.15) is 0 Å². The van der Waals surface area contributed by atoms with E-state index in [1.807, 2.05) is 18.2 Å². The molecule has 0 aliphatic heterocycles. The quantitative estimate of drug-likeness (QED) is 0.366. The van der Waals surface area contributed by atoms with Gasteiger partial charge >= 0.3 is 0 Å². The van der Waals surface area contributed by atoms with Gasteiger partial charge in [0.2, 0.25) is 0 Å². The van der Waals surface area contributed by atoms with E-state index in [4.69, 9.17) is 5.73 Å². The van der Waals surface area contributed by atoms with Gasteiger partial charge in [-0.3, -0.25) is 0 Å². The number of nitrogens with zero attached hydrogens (tertiary/aromatic N) is 1. The van der Waals surface area contributed by atoms with Gasteiger partial charge in [0.25, 0.3) is 0 Å². The molecule has 156 valence electrons. The van der Waals surface area contributed by atoms with Gasteiger partial charge in [-0.15, -0.1) is 0 Å². The average Bonchev–Trinajstić information content (AvgIpc) is 2.87. The molecular weight excluding hydrogens is 388 g/mol. The van der Waals surface area contributed by atoms with Crippen LogP contribution in [0.4, 0.5) is 17.1 Å². The van der Waals surface area contributed by atoms with E-state index in [1.165, 1.54) is 11.1 Å². The van der Waals surface area contributed by atoms with E-state index in [0.717, 1.165) is 29.0 Å². The lowest BCUT2D eigenvalue weighted by molar-refractivity contribution is 0.567.